The summed E-state index contributed by atoms with van der Waals surface area (Å²) in [6.45, 7) is 6.40. The van der Waals surface area contributed by atoms with Crippen LogP contribution in [0.2, 0.25) is 0 Å². The van der Waals surface area contributed by atoms with Gasteiger partial charge >= 0.3 is 0 Å². The molecular weight excluding hydrogens is 319 g/mol. The van der Waals surface area contributed by atoms with Crippen molar-refractivity contribution in [2.45, 2.75) is 32.7 Å². The lowest BCUT2D eigenvalue weighted by molar-refractivity contribution is 0.200. The van der Waals surface area contributed by atoms with Crippen molar-refractivity contribution in [3.8, 4) is 16.9 Å². The lowest BCUT2D eigenvalue weighted by atomic mass is 9.93. The summed E-state index contributed by atoms with van der Waals surface area (Å²) in [4.78, 5) is 4.20. The minimum atomic E-state index is -0.493. The van der Waals surface area contributed by atoms with Gasteiger partial charge in [0.05, 0.1) is 6.20 Å². The second-order valence-electron chi connectivity index (χ2n) is 7.18. The first-order valence-electron chi connectivity index (χ1n) is 8.35. The average Bonchev–Trinajstić information content (AvgIpc) is 3.01. The molecular formula is C19H23FN4O. The number of nitrogens with one attached hydrogen (secondary N) is 1. The number of ether oxygens (including phenoxy) is 1. The van der Waals surface area contributed by atoms with Gasteiger partial charge in [0, 0.05) is 17.1 Å². The van der Waals surface area contributed by atoms with Gasteiger partial charge in [-0.25, -0.2) is 9.37 Å². The van der Waals surface area contributed by atoms with Crippen LogP contribution in [0.4, 0.5) is 4.39 Å². The van der Waals surface area contributed by atoms with Gasteiger partial charge in [-0.2, -0.15) is 5.10 Å². The van der Waals surface area contributed by atoms with E-state index < -0.39 is 11.4 Å². The fraction of sp³-hybridized carbons (Fsp3) is 0.368. The van der Waals surface area contributed by atoms with Crippen LogP contribution in [0, 0.1) is 11.7 Å². The number of pyridine rings is 1. The Hall–Kier alpha value is -2.47. The largest absolute Gasteiger partial charge is 0.489 e. The van der Waals surface area contributed by atoms with E-state index in [4.69, 9.17) is 10.5 Å². The first-order chi connectivity index (χ1) is 11.9. The van der Waals surface area contributed by atoms with Gasteiger partial charge in [-0.3, -0.25) is 5.10 Å². The molecule has 132 valence electrons. The molecule has 2 heterocycles. The van der Waals surface area contributed by atoms with Gasteiger partial charge in [0.25, 0.3) is 0 Å². The molecule has 0 saturated carbocycles. The van der Waals surface area contributed by atoms with Crippen LogP contribution in [0.5, 0.6) is 5.75 Å². The van der Waals surface area contributed by atoms with Crippen LogP contribution in [0.25, 0.3) is 22.2 Å². The predicted molar refractivity (Wildman–Crippen MR) is 96.8 cm³/mol. The first-order valence-corrected chi connectivity index (χ1v) is 8.35. The Morgan fingerprint density at radius 2 is 2.12 bits per heavy atom. The van der Waals surface area contributed by atoms with E-state index in [1.807, 2.05) is 19.1 Å². The molecule has 1 aromatic carbocycles. The minimum absolute atomic E-state index is 0.210. The van der Waals surface area contributed by atoms with Crippen LogP contribution in [0.1, 0.15) is 27.2 Å². The molecule has 1 atom stereocenters. The molecule has 5 nitrogen and oxygen atoms in total. The van der Waals surface area contributed by atoms with E-state index in [1.165, 1.54) is 6.07 Å². The lowest BCUT2D eigenvalue weighted by Crippen LogP contribution is -2.43. The van der Waals surface area contributed by atoms with Crippen molar-refractivity contribution in [2.75, 3.05) is 6.61 Å². The molecule has 0 amide bonds. The molecule has 0 unspecified atom stereocenters. The number of halogens is 1. The number of hydrogen-bond acceptors (Lipinski definition) is 4. The molecule has 0 fully saturated rings. The minimum Gasteiger partial charge on any atom is -0.489 e. The van der Waals surface area contributed by atoms with E-state index >= 15 is 0 Å². The van der Waals surface area contributed by atoms with Crippen LogP contribution in [-0.2, 0) is 0 Å². The topological polar surface area (TPSA) is 76.8 Å². The van der Waals surface area contributed by atoms with Gasteiger partial charge in [-0.1, -0.05) is 19.9 Å². The van der Waals surface area contributed by atoms with Crippen molar-refractivity contribution >= 4 is 11.0 Å². The standard InChI is InChI=1S/C19H23FN4O/c1-12(2)9-19(3,21)11-25-17-5-4-13(8-16(17)20)14-6-7-22-18-15(14)10-23-24-18/h4-8,10,12H,9,11,21H2,1-3H3,(H,22,23,24)/t19-/m0/s1. The van der Waals surface area contributed by atoms with E-state index in [2.05, 4.69) is 29.0 Å². The second kappa shape index (κ2) is 6.80. The molecule has 3 aromatic rings. The molecule has 0 aliphatic heterocycles. The SMILES string of the molecule is CC(C)C[C@](C)(N)COc1ccc(-c2ccnc3[nH]ncc23)cc1F. The number of hydrogen-bond donors (Lipinski definition) is 2. The van der Waals surface area contributed by atoms with E-state index in [0.717, 1.165) is 22.9 Å². The van der Waals surface area contributed by atoms with Gasteiger partial charge in [0.15, 0.2) is 17.2 Å². The van der Waals surface area contributed by atoms with E-state index in [0.29, 0.717) is 11.6 Å². The van der Waals surface area contributed by atoms with E-state index in [-0.39, 0.29) is 12.4 Å². The summed E-state index contributed by atoms with van der Waals surface area (Å²) in [5.41, 5.74) is 8.02. The highest BCUT2D eigenvalue weighted by Gasteiger charge is 2.22. The average molecular weight is 342 g/mol. The zero-order valence-electron chi connectivity index (χ0n) is 14.7. The molecule has 0 bridgehead atoms. The van der Waals surface area contributed by atoms with Crippen molar-refractivity contribution in [3.05, 3.63) is 42.5 Å². The summed E-state index contributed by atoms with van der Waals surface area (Å²) in [5.74, 6) is 0.253. The van der Waals surface area contributed by atoms with E-state index in [1.54, 1.807) is 18.5 Å². The highest BCUT2D eigenvalue weighted by atomic mass is 19.1. The fourth-order valence-corrected chi connectivity index (χ4v) is 3.12. The number of nitrogens with zero attached hydrogens (tertiary/aromatic N) is 2. The smallest absolute Gasteiger partial charge is 0.165 e. The summed E-state index contributed by atoms with van der Waals surface area (Å²) in [6, 6.07) is 6.78. The van der Waals surface area contributed by atoms with Gasteiger partial charge in [-0.15, -0.1) is 0 Å². The van der Waals surface area contributed by atoms with Crippen molar-refractivity contribution in [3.63, 3.8) is 0 Å². The highest BCUT2D eigenvalue weighted by Crippen LogP contribution is 2.30. The van der Waals surface area contributed by atoms with Gasteiger partial charge in [0.2, 0.25) is 0 Å². The van der Waals surface area contributed by atoms with Crippen molar-refractivity contribution in [1.29, 1.82) is 0 Å². The maximum absolute atomic E-state index is 14.5. The maximum Gasteiger partial charge on any atom is 0.165 e. The summed E-state index contributed by atoms with van der Waals surface area (Å²) in [6.07, 6.45) is 4.16. The number of fused-ring (bicyclic) bond motifs is 1. The first kappa shape index (κ1) is 17.4. The van der Waals surface area contributed by atoms with Crippen LogP contribution in [0.3, 0.4) is 0 Å². The molecule has 0 aliphatic rings. The monoisotopic (exact) mass is 342 g/mol. The number of rotatable bonds is 6. The number of benzene rings is 1. The van der Waals surface area contributed by atoms with Crippen molar-refractivity contribution in [1.82, 2.24) is 15.2 Å². The van der Waals surface area contributed by atoms with Crippen molar-refractivity contribution < 1.29 is 9.13 Å². The number of nitrogens with two attached hydrogens (primary N) is 1. The molecule has 2 aromatic heterocycles. The maximum atomic E-state index is 14.5. The Kier molecular flexibility index (Phi) is 4.72. The molecule has 0 spiro atoms. The summed E-state index contributed by atoms with van der Waals surface area (Å²) in [5, 5.41) is 7.65. The summed E-state index contributed by atoms with van der Waals surface area (Å²) < 4.78 is 20.1. The number of H-pyrrole nitrogens is 1. The summed E-state index contributed by atoms with van der Waals surface area (Å²) in [7, 11) is 0. The Morgan fingerprint density at radius 1 is 1.32 bits per heavy atom. The number of aromatic amines is 1. The zero-order valence-corrected chi connectivity index (χ0v) is 14.7. The van der Waals surface area contributed by atoms with Crippen LogP contribution in [-0.4, -0.2) is 27.3 Å². The Balaban J connectivity index is 1.81. The molecule has 0 aliphatic carbocycles. The molecule has 3 N–H and O–H groups in total. The zero-order chi connectivity index (χ0) is 18.0. The Labute approximate surface area is 146 Å². The third-order valence-electron chi connectivity index (χ3n) is 4.03. The third-order valence-corrected chi connectivity index (χ3v) is 4.03. The fourth-order valence-electron chi connectivity index (χ4n) is 3.12. The van der Waals surface area contributed by atoms with Crippen LogP contribution in [0.15, 0.2) is 36.7 Å². The van der Waals surface area contributed by atoms with Gasteiger partial charge in [-0.05, 0) is 48.6 Å². The molecule has 6 heteroatoms. The Morgan fingerprint density at radius 3 is 2.84 bits per heavy atom. The lowest BCUT2D eigenvalue weighted by Gasteiger charge is -2.26. The Bertz CT molecular complexity index is 873. The molecule has 25 heavy (non-hydrogen) atoms. The van der Waals surface area contributed by atoms with Gasteiger partial charge in [0.1, 0.15) is 6.61 Å². The normalized spacial score (nSPS) is 14.0. The summed E-state index contributed by atoms with van der Waals surface area (Å²) >= 11 is 0. The van der Waals surface area contributed by atoms with Gasteiger partial charge < -0.3 is 10.5 Å². The quantitative estimate of drug-likeness (QED) is 0.712. The number of aromatic nitrogens is 3. The molecule has 0 saturated heterocycles. The third kappa shape index (κ3) is 3.96. The second-order valence-corrected chi connectivity index (χ2v) is 7.18. The van der Waals surface area contributed by atoms with Crippen molar-refractivity contribution in [2.24, 2.45) is 11.7 Å². The molecule has 0 radical (unpaired) electrons. The van der Waals surface area contributed by atoms with Crippen LogP contribution >= 0.6 is 0 Å². The van der Waals surface area contributed by atoms with Crippen LogP contribution < -0.4 is 10.5 Å². The van der Waals surface area contributed by atoms with E-state index in [9.17, 15) is 4.39 Å². The highest BCUT2D eigenvalue weighted by molar-refractivity contribution is 5.92. The predicted octanol–water partition coefficient (Wildman–Crippen LogP) is 3.91. The molecule has 3 rings (SSSR count).